The fourth-order valence-corrected chi connectivity index (χ4v) is 6.49. The van der Waals surface area contributed by atoms with E-state index in [4.69, 9.17) is 5.73 Å². The Hall–Kier alpha value is -0.920. The number of hydrogen-bond acceptors (Lipinski definition) is 4. The van der Waals surface area contributed by atoms with Crippen molar-refractivity contribution in [2.24, 2.45) is 17.1 Å². The Bertz CT molecular complexity index is 619. The summed E-state index contributed by atoms with van der Waals surface area (Å²) in [7, 11) is -3.49. The molecule has 3 rings (SSSR count). The first kappa shape index (κ1) is 15.0. The summed E-state index contributed by atoms with van der Waals surface area (Å²) in [6.07, 6.45) is 5.06. The minimum absolute atomic E-state index is 0.232. The summed E-state index contributed by atoms with van der Waals surface area (Å²) in [5.41, 5.74) is 5.33. The molecular formula is C14H20N2O3S2. The van der Waals surface area contributed by atoms with E-state index in [2.05, 4.69) is 0 Å². The van der Waals surface area contributed by atoms with E-state index in [-0.39, 0.29) is 23.8 Å². The van der Waals surface area contributed by atoms with Gasteiger partial charge >= 0.3 is 0 Å². The van der Waals surface area contributed by atoms with Crippen molar-refractivity contribution in [3.63, 3.8) is 0 Å². The van der Waals surface area contributed by atoms with Crippen LogP contribution >= 0.6 is 11.3 Å². The van der Waals surface area contributed by atoms with E-state index >= 15 is 0 Å². The van der Waals surface area contributed by atoms with Crippen molar-refractivity contribution < 1.29 is 13.2 Å². The predicted octanol–water partition coefficient (Wildman–Crippen LogP) is 1.80. The molecule has 1 aliphatic heterocycles. The summed E-state index contributed by atoms with van der Waals surface area (Å²) in [5, 5.41) is 1.75. The van der Waals surface area contributed by atoms with Gasteiger partial charge in [0.05, 0.1) is 5.92 Å². The fourth-order valence-electron chi connectivity index (χ4n) is 3.80. The maximum absolute atomic E-state index is 12.7. The van der Waals surface area contributed by atoms with Gasteiger partial charge in [-0.05, 0) is 29.7 Å². The van der Waals surface area contributed by atoms with Gasteiger partial charge in [0.25, 0.3) is 10.0 Å². The fraction of sp³-hybridized carbons (Fsp3) is 0.643. The molecule has 1 saturated carbocycles. The molecule has 2 N–H and O–H groups in total. The lowest BCUT2D eigenvalue weighted by Gasteiger charge is -2.36. The van der Waals surface area contributed by atoms with E-state index in [0.717, 1.165) is 32.1 Å². The van der Waals surface area contributed by atoms with Crippen molar-refractivity contribution in [1.82, 2.24) is 4.31 Å². The van der Waals surface area contributed by atoms with E-state index in [1.165, 1.54) is 15.6 Å². The zero-order chi connectivity index (χ0) is 15.1. The van der Waals surface area contributed by atoms with Gasteiger partial charge in [0, 0.05) is 13.1 Å². The molecular weight excluding hydrogens is 308 g/mol. The maximum atomic E-state index is 12.7. The Morgan fingerprint density at radius 3 is 2.62 bits per heavy atom. The Balaban J connectivity index is 1.92. The summed E-state index contributed by atoms with van der Waals surface area (Å²) < 4.78 is 27.2. The van der Waals surface area contributed by atoms with Crippen molar-refractivity contribution in [2.45, 2.75) is 36.3 Å². The lowest BCUT2D eigenvalue weighted by Crippen LogP contribution is -2.40. The molecule has 21 heavy (non-hydrogen) atoms. The van der Waals surface area contributed by atoms with Crippen LogP contribution in [-0.2, 0) is 14.8 Å². The Morgan fingerprint density at radius 2 is 2.05 bits per heavy atom. The highest BCUT2D eigenvalue weighted by molar-refractivity contribution is 7.91. The second-order valence-corrected chi connectivity index (χ2v) is 9.22. The average molecular weight is 328 g/mol. The topological polar surface area (TPSA) is 80.5 Å². The third-order valence-corrected chi connectivity index (χ3v) is 8.08. The molecule has 116 valence electrons. The Kier molecular flexibility index (Phi) is 3.83. The van der Waals surface area contributed by atoms with Gasteiger partial charge in [-0.2, -0.15) is 4.31 Å². The van der Waals surface area contributed by atoms with Crippen LogP contribution in [0.4, 0.5) is 0 Å². The Labute approximate surface area is 129 Å². The molecule has 1 saturated heterocycles. The minimum atomic E-state index is -3.49. The highest BCUT2D eigenvalue weighted by Crippen LogP contribution is 2.48. The standard InChI is InChI=1S/C14H20N2O3S2/c15-13(17)11-9-16(10-14(11)6-2-1-3-7-14)21(18,19)12-5-4-8-20-12/h4-5,8,11H,1-3,6-7,9-10H2,(H2,15,17). The average Bonchev–Trinajstić information content (AvgIpc) is 3.08. The van der Waals surface area contributed by atoms with Crippen LogP contribution < -0.4 is 5.73 Å². The highest BCUT2D eigenvalue weighted by Gasteiger charge is 2.52. The van der Waals surface area contributed by atoms with Gasteiger partial charge in [-0.25, -0.2) is 8.42 Å². The van der Waals surface area contributed by atoms with E-state index < -0.39 is 10.0 Å². The Morgan fingerprint density at radius 1 is 1.33 bits per heavy atom. The second kappa shape index (κ2) is 5.37. The third-order valence-electron chi connectivity index (χ3n) is 4.90. The van der Waals surface area contributed by atoms with Gasteiger partial charge in [0.15, 0.2) is 0 Å². The van der Waals surface area contributed by atoms with Crippen LogP contribution in [0.25, 0.3) is 0 Å². The van der Waals surface area contributed by atoms with Gasteiger partial charge in [-0.1, -0.05) is 25.3 Å². The van der Waals surface area contributed by atoms with E-state index in [9.17, 15) is 13.2 Å². The molecule has 1 aromatic heterocycles. The molecule has 1 atom stereocenters. The number of amides is 1. The van der Waals surface area contributed by atoms with Crippen LogP contribution in [-0.4, -0.2) is 31.7 Å². The predicted molar refractivity (Wildman–Crippen MR) is 81.3 cm³/mol. The third kappa shape index (κ3) is 2.51. The van der Waals surface area contributed by atoms with Crippen LogP contribution in [0.3, 0.4) is 0 Å². The molecule has 0 bridgehead atoms. The van der Waals surface area contributed by atoms with Crippen molar-refractivity contribution in [3.05, 3.63) is 17.5 Å². The van der Waals surface area contributed by atoms with Crippen LogP contribution in [0.15, 0.2) is 21.7 Å². The van der Waals surface area contributed by atoms with Crippen molar-refractivity contribution in [3.8, 4) is 0 Å². The molecule has 0 aromatic carbocycles. The SMILES string of the molecule is NC(=O)C1CN(S(=O)(=O)c2cccs2)CC12CCCCC2. The molecule has 0 radical (unpaired) electrons. The lowest BCUT2D eigenvalue weighted by atomic mass is 9.67. The number of nitrogens with zero attached hydrogens (tertiary/aromatic N) is 1. The molecule has 1 unspecified atom stereocenters. The smallest absolute Gasteiger partial charge is 0.252 e. The summed E-state index contributed by atoms with van der Waals surface area (Å²) in [6, 6.07) is 3.35. The zero-order valence-corrected chi connectivity index (χ0v) is 13.5. The van der Waals surface area contributed by atoms with Crippen molar-refractivity contribution in [1.29, 1.82) is 0 Å². The van der Waals surface area contributed by atoms with Gasteiger partial charge in [-0.15, -0.1) is 11.3 Å². The highest BCUT2D eigenvalue weighted by atomic mass is 32.2. The largest absolute Gasteiger partial charge is 0.369 e. The summed E-state index contributed by atoms with van der Waals surface area (Å²) in [4.78, 5) is 11.8. The molecule has 1 aliphatic carbocycles. The van der Waals surface area contributed by atoms with Gasteiger partial charge in [0.2, 0.25) is 5.91 Å². The number of carbonyl (C=O) groups excluding carboxylic acids is 1. The summed E-state index contributed by atoms with van der Waals surface area (Å²) in [5.74, 6) is -0.715. The van der Waals surface area contributed by atoms with Gasteiger partial charge in [-0.3, -0.25) is 4.79 Å². The molecule has 1 aromatic rings. The molecule has 1 spiro atoms. The number of hydrogen-bond donors (Lipinski definition) is 1. The normalized spacial score (nSPS) is 26.2. The van der Waals surface area contributed by atoms with Crippen molar-refractivity contribution in [2.75, 3.05) is 13.1 Å². The van der Waals surface area contributed by atoms with Crippen molar-refractivity contribution >= 4 is 27.3 Å². The summed E-state index contributed by atoms with van der Waals surface area (Å²) >= 11 is 1.22. The zero-order valence-electron chi connectivity index (χ0n) is 11.8. The molecule has 2 aliphatic rings. The first-order valence-electron chi connectivity index (χ1n) is 7.29. The number of sulfonamides is 1. The number of nitrogens with two attached hydrogens (primary N) is 1. The molecule has 1 amide bonds. The van der Waals surface area contributed by atoms with E-state index in [1.807, 2.05) is 0 Å². The molecule has 2 heterocycles. The number of rotatable bonds is 3. The van der Waals surface area contributed by atoms with E-state index in [1.54, 1.807) is 17.5 Å². The maximum Gasteiger partial charge on any atom is 0.252 e. The molecule has 5 nitrogen and oxygen atoms in total. The molecule has 2 fully saturated rings. The lowest BCUT2D eigenvalue weighted by molar-refractivity contribution is -0.125. The van der Waals surface area contributed by atoms with Crippen LogP contribution in [0.2, 0.25) is 0 Å². The first-order chi connectivity index (χ1) is 9.96. The van der Waals surface area contributed by atoms with Crippen LogP contribution in [0.1, 0.15) is 32.1 Å². The minimum Gasteiger partial charge on any atom is -0.369 e. The van der Waals surface area contributed by atoms with Crippen LogP contribution in [0, 0.1) is 11.3 Å². The second-order valence-electron chi connectivity index (χ2n) is 6.11. The number of carbonyl (C=O) groups is 1. The quantitative estimate of drug-likeness (QED) is 0.919. The summed E-state index contributed by atoms with van der Waals surface area (Å²) in [6.45, 7) is 0.663. The first-order valence-corrected chi connectivity index (χ1v) is 9.61. The van der Waals surface area contributed by atoms with Crippen LogP contribution in [0.5, 0.6) is 0 Å². The monoisotopic (exact) mass is 328 g/mol. The molecule has 7 heteroatoms. The number of thiophene rings is 1. The van der Waals surface area contributed by atoms with Gasteiger partial charge in [0.1, 0.15) is 4.21 Å². The number of primary amides is 1. The van der Waals surface area contributed by atoms with E-state index in [0.29, 0.717) is 10.8 Å². The van der Waals surface area contributed by atoms with Gasteiger partial charge < -0.3 is 5.73 Å².